The van der Waals surface area contributed by atoms with Crippen LogP contribution in [0.15, 0.2) is 42.5 Å². The third-order valence-corrected chi connectivity index (χ3v) is 7.17. The van der Waals surface area contributed by atoms with Gasteiger partial charge in [-0.1, -0.05) is 51.1 Å². The van der Waals surface area contributed by atoms with Gasteiger partial charge >= 0.3 is 24.2 Å². The number of halogens is 2. The van der Waals surface area contributed by atoms with Gasteiger partial charge in [0.15, 0.2) is 11.5 Å². The largest absolute Gasteiger partial charge is 0.586 e. The third-order valence-electron chi connectivity index (χ3n) is 7.17. The normalized spacial score (nSPS) is 18.8. The van der Waals surface area contributed by atoms with Gasteiger partial charge in [-0.3, -0.25) is 24.1 Å². The number of carbonyl (C=O) groups excluding carboxylic acids is 5. The molecule has 1 fully saturated rings. The van der Waals surface area contributed by atoms with E-state index in [9.17, 15) is 32.8 Å². The quantitative estimate of drug-likeness (QED) is 0.196. The molecule has 0 aromatic heterocycles. The van der Waals surface area contributed by atoms with Crippen LogP contribution in [0.3, 0.4) is 0 Å². The minimum absolute atomic E-state index is 0.0422. The molecule has 2 aromatic carbocycles. The SMILES string of the molecule is CCOC(=O)[C@@H]1[C@@H](Cc2cccc(CC(=O)OCOC(=O)C(C)C)c2)C(=O)N1C(=O)C[C@H](C)c1ccc2c(c1)OC(F)(F)O2. The third kappa shape index (κ3) is 7.50. The summed E-state index contributed by atoms with van der Waals surface area (Å²) >= 11 is 0. The number of nitrogens with zero attached hydrogens (tertiary/aromatic N) is 1. The van der Waals surface area contributed by atoms with Gasteiger partial charge in [0.2, 0.25) is 18.6 Å². The molecule has 2 aromatic rings. The number of ether oxygens (including phenoxy) is 5. The van der Waals surface area contributed by atoms with Crippen molar-refractivity contribution in [3.63, 3.8) is 0 Å². The lowest BCUT2D eigenvalue weighted by Crippen LogP contribution is -2.67. The van der Waals surface area contributed by atoms with Crippen LogP contribution in [-0.2, 0) is 51.0 Å². The number of amides is 2. The monoisotopic (exact) mass is 617 g/mol. The lowest BCUT2D eigenvalue weighted by Gasteiger charge is -2.44. The minimum Gasteiger partial charge on any atom is -0.464 e. The van der Waals surface area contributed by atoms with Crippen LogP contribution in [-0.4, -0.2) is 60.4 Å². The van der Waals surface area contributed by atoms with Crippen LogP contribution in [0, 0.1) is 11.8 Å². The Hall–Kier alpha value is -4.55. The summed E-state index contributed by atoms with van der Waals surface area (Å²) in [7, 11) is 0. The van der Waals surface area contributed by atoms with Gasteiger partial charge in [-0.2, -0.15) is 0 Å². The van der Waals surface area contributed by atoms with Crippen LogP contribution >= 0.6 is 0 Å². The van der Waals surface area contributed by atoms with Gasteiger partial charge in [-0.05, 0) is 48.1 Å². The van der Waals surface area contributed by atoms with Crippen molar-refractivity contribution in [3.8, 4) is 11.5 Å². The van der Waals surface area contributed by atoms with E-state index >= 15 is 0 Å². The molecule has 0 radical (unpaired) electrons. The predicted molar refractivity (Wildman–Crippen MR) is 147 cm³/mol. The lowest BCUT2D eigenvalue weighted by atomic mass is 9.81. The molecule has 11 nitrogen and oxygen atoms in total. The van der Waals surface area contributed by atoms with Crippen LogP contribution in [0.2, 0.25) is 0 Å². The van der Waals surface area contributed by atoms with Crippen molar-refractivity contribution in [3.05, 3.63) is 59.2 Å². The Morgan fingerprint density at radius 3 is 2.36 bits per heavy atom. The van der Waals surface area contributed by atoms with Crippen molar-refractivity contribution in [2.75, 3.05) is 13.4 Å². The van der Waals surface area contributed by atoms with Gasteiger partial charge in [0, 0.05) is 6.42 Å². The van der Waals surface area contributed by atoms with Gasteiger partial charge in [-0.15, -0.1) is 8.78 Å². The first-order valence-electron chi connectivity index (χ1n) is 14.1. The maximum atomic E-state index is 13.4. The summed E-state index contributed by atoms with van der Waals surface area (Å²) in [5.41, 5.74) is 1.72. The molecule has 44 heavy (non-hydrogen) atoms. The highest BCUT2D eigenvalue weighted by molar-refractivity contribution is 6.08. The van der Waals surface area contributed by atoms with E-state index in [0.717, 1.165) is 4.90 Å². The lowest BCUT2D eigenvalue weighted by molar-refractivity contribution is -0.286. The highest BCUT2D eigenvalue weighted by Crippen LogP contribution is 2.43. The molecule has 1 saturated heterocycles. The molecule has 4 rings (SSSR count). The molecule has 0 spiro atoms. The first-order valence-corrected chi connectivity index (χ1v) is 14.1. The number of benzene rings is 2. The van der Waals surface area contributed by atoms with Crippen LogP contribution in [0.1, 0.15) is 56.7 Å². The molecule has 2 heterocycles. The molecule has 236 valence electrons. The summed E-state index contributed by atoms with van der Waals surface area (Å²) in [6.45, 7) is 6.14. The predicted octanol–water partition coefficient (Wildman–Crippen LogP) is 3.90. The molecule has 13 heteroatoms. The molecule has 0 bridgehead atoms. The summed E-state index contributed by atoms with van der Waals surface area (Å²) in [4.78, 5) is 63.9. The van der Waals surface area contributed by atoms with E-state index in [4.69, 9.17) is 14.2 Å². The number of fused-ring (bicyclic) bond motifs is 1. The Morgan fingerprint density at radius 2 is 1.66 bits per heavy atom. The zero-order valence-electron chi connectivity index (χ0n) is 24.7. The van der Waals surface area contributed by atoms with Gasteiger partial charge in [0.1, 0.15) is 6.04 Å². The Bertz CT molecular complexity index is 1440. The van der Waals surface area contributed by atoms with E-state index in [1.165, 1.54) is 18.2 Å². The molecule has 0 saturated carbocycles. The van der Waals surface area contributed by atoms with Gasteiger partial charge < -0.3 is 23.7 Å². The number of rotatable bonds is 12. The van der Waals surface area contributed by atoms with Gasteiger partial charge in [0.25, 0.3) is 0 Å². The van der Waals surface area contributed by atoms with Crippen molar-refractivity contribution in [2.45, 2.75) is 65.2 Å². The van der Waals surface area contributed by atoms with Crippen molar-refractivity contribution < 1.29 is 56.4 Å². The van der Waals surface area contributed by atoms with E-state index in [1.807, 2.05) is 0 Å². The zero-order valence-corrected chi connectivity index (χ0v) is 24.7. The van der Waals surface area contributed by atoms with E-state index in [1.54, 1.807) is 52.0 Å². The summed E-state index contributed by atoms with van der Waals surface area (Å²) in [5, 5.41) is 0. The van der Waals surface area contributed by atoms with Crippen molar-refractivity contribution in [1.29, 1.82) is 0 Å². The molecular weight excluding hydrogens is 584 g/mol. The zero-order chi connectivity index (χ0) is 32.2. The number of imide groups is 1. The molecule has 2 aliphatic rings. The topological polar surface area (TPSA) is 135 Å². The second-order valence-electron chi connectivity index (χ2n) is 10.8. The molecular formula is C31H33F2NO10. The molecule has 0 aliphatic carbocycles. The van der Waals surface area contributed by atoms with Crippen LogP contribution in [0.25, 0.3) is 0 Å². The van der Waals surface area contributed by atoms with Crippen LogP contribution < -0.4 is 9.47 Å². The first kappa shape index (κ1) is 32.4. The number of hydrogen-bond donors (Lipinski definition) is 0. The number of alkyl halides is 2. The van der Waals surface area contributed by atoms with E-state index in [-0.39, 0.29) is 43.3 Å². The molecule has 0 unspecified atom stereocenters. The first-order chi connectivity index (χ1) is 20.8. The van der Waals surface area contributed by atoms with Crippen molar-refractivity contribution in [1.82, 2.24) is 4.90 Å². The fourth-order valence-electron chi connectivity index (χ4n) is 4.93. The number of likely N-dealkylation sites (tertiary alicyclic amines) is 1. The summed E-state index contributed by atoms with van der Waals surface area (Å²) in [5.74, 6) is -5.05. The van der Waals surface area contributed by atoms with Crippen molar-refractivity contribution >= 4 is 29.7 Å². The number of β-lactam (4-membered cyclic amide) rings is 1. The average Bonchev–Trinajstić information content (AvgIpc) is 3.27. The molecule has 0 N–H and O–H groups in total. The molecule has 2 amide bonds. The smallest absolute Gasteiger partial charge is 0.464 e. The number of esters is 3. The minimum atomic E-state index is -3.78. The van der Waals surface area contributed by atoms with Crippen LogP contribution in [0.5, 0.6) is 11.5 Å². The summed E-state index contributed by atoms with van der Waals surface area (Å²) < 4.78 is 50.7. The number of hydrogen-bond acceptors (Lipinski definition) is 10. The molecule has 3 atom stereocenters. The maximum absolute atomic E-state index is 13.4. The number of carbonyl (C=O) groups is 5. The Kier molecular flexibility index (Phi) is 9.85. The Balaban J connectivity index is 1.39. The second kappa shape index (κ2) is 13.4. The maximum Gasteiger partial charge on any atom is 0.586 e. The van der Waals surface area contributed by atoms with Crippen molar-refractivity contribution in [2.24, 2.45) is 11.8 Å². The average molecular weight is 618 g/mol. The summed E-state index contributed by atoms with van der Waals surface area (Å²) in [6, 6.07) is 9.81. The van der Waals surface area contributed by atoms with Gasteiger partial charge in [0.05, 0.1) is 24.9 Å². The fraction of sp³-hybridized carbons (Fsp3) is 0.452. The fourth-order valence-corrected chi connectivity index (χ4v) is 4.93. The Labute approximate surface area is 252 Å². The van der Waals surface area contributed by atoms with Gasteiger partial charge in [-0.25, -0.2) is 4.79 Å². The van der Waals surface area contributed by atoms with E-state index in [0.29, 0.717) is 16.7 Å². The highest BCUT2D eigenvalue weighted by Gasteiger charge is 2.55. The summed E-state index contributed by atoms with van der Waals surface area (Å²) in [6.07, 6.45) is -3.98. The Morgan fingerprint density at radius 1 is 0.955 bits per heavy atom. The van der Waals surface area contributed by atoms with E-state index in [2.05, 4.69) is 9.47 Å². The van der Waals surface area contributed by atoms with E-state index < -0.39 is 60.7 Å². The highest BCUT2D eigenvalue weighted by atomic mass is 19.3. The molecule has 2 aliphatic heterocycles. The standard InChI is InChI=1S/C31H33F2NO10/c1-5-40-30(39)27-22(13-19-7-6-8-20(12-19)14-26(36)41-16-42-29(38)17(2)3)28(37)34(27)25(35)11-18(4)21-9-10-23-24(15-21)44-31(32,33)43-23/h6-10,12,15,17-18,22,27H,5,11,13-14,16H2,1-4H3/t18-,22+,27-/m0/s1. The van der Waals surface area contributed by atoms with Crippen LogP contribution in [0.4, 0.5) is 8.78 Å². The second-order valence-corrected chi connectivity index (χ2v) is 10.8.